The number of benzene rings is 1. The van der Waals surface area contributed by atoms with Crippen LogP contribution in [-0.2, 0) is 0 Å². The Morgan fingerprint density at radius 2 is 2.07 bits per heavy atom. The van der Waals surface area contributed by atoms with Crippen LogP contribution in [0.1, 0.15) is 15.9 Å². The Labute approximate surface area is 100 Å². The molecule has 0 atom stereocenters. The molecule has 0 saturated heterocycles. The van der Waals surface area contributed by atoms with Crippen molar-refractivity contribution < 1.29 is 4.79 Å². The number of nitrogens with one attached hydrogen (secondary N) is 1. The molecule has 0 aliphatic rings. The zero-order valence-corrected chi connectivity index (χ0v) is 9.97. The molecule has 76 valence electrons. The van der Waals surface area contributed by atoms with Crippen molar-refractivity contribution in [1.29, 1.82) is 0 Å². The summed E-state index contributed by atoms with van der Waals surface area (Å²) in [5, 5.41) is 0.598. The molecular weight excluding hydrogens is 277 g/mol. The van der Waals surface area contributed by atoms with E-state index in [2.05, 4.69) is 20.9 Å². The highest BCUT2D eigenvalue weighted by Gasteiger charge is 2.10. The molecule has 0 bridgehead atoms. The number of hydrogen-bond donors (Lipinski definition) is 1. The van der Waals surface area contributed by atoms with Gasteiger partial charge in [0.25, 0.3) is 0 Å². The summed E-state index contributed by atoms with van der Waals surface area (Å²) in [5.41, 5.74) is 1.26. The normalized spacial score (nSPS) is 10.3. The van der Waals surface area contributed by atoms with Crippen LogP contribution in [0.2, 0.25) is 5.02 Å². The summed E-state index contributed by atoms with van der Waals surface area (Å²) < 4.78 is 0.727. The molecule has 0 aliphatic heterocycles. The molecule has 0 radical (unpaired) electrons. The van der Waals surface area contributed by atoms with Crippen molar-refractivity contribution in [2.45, 2.75) is 0 Å². The number of rotatable bonds is 2. The monoisotopic (exact) mass is 283 g/mol. The van der Waals surface area contributed by atoms with E-state index in [4.69, 9.17) is 11.6 Å². The predicted molar refractivity (Wildman–Crippen MR) is 63.4 cm³/mol. The Bertz CT molecular complexity index is 493. The number of halogens is 2. The molecule has 0 amide bonds. The van der Waals surface area contributed by atoms with Gasteiger partial charge in [0, 0.05) is 28.0 Å². The minimum atomic E-state index is -0.0198. The fourth-order valence-electron chi connectivity index (χ4n) is 1.27. The summed E-state index contributed by atoms with van der Waals surface area (Å²) in [4.78, 5) is 14.7. The quantitative estimate of drug-likeness (QED) is 0.839. The first-order valence-electron chi connectivity index (χ1n) is 4.31. The van der Waals surface area contributed by atoms with Gasteiger partial charge in [-0.25, -0.2) is 0 Å². The lowest BCUT2D eigenvalue weighted by Crippen LogP contribution is -1.99. The fraction of sp³-hybridized carbons (Fsp3) is 0. The third-order valence-corrected chi connectivity index (χ3v) is 3.26. The van der Waals surface area contributed by atoms with Crippen LogP contribution in [0.15, 0.2) is 41.1 Å². The van der Waals surface area contributed by atoms with E-state index in [0.717, 1.165) is 4.47 Å². The van der Waals surface area contributed by atoms with Crippen LogP contribution in [0.5, 0.6) is 0 Å². The number of aromatic nitrogens is 1. The second-order valence-corrected chi connectivity index (χ2v) is 4.32. The van der Waals surface area contributed by atoms with Gasteiger partial charge in [-0.1, -0.05) is 11.6 Å². The third kappa shape index (κ3) is 2.13. The minimum absolute atomic E-state index is 0.0198. The lowest BCUT2D eigenvalue weighted by Gasteiger charge is -2.00. The summed E-state index contributed by atoms with van der Waals surface area (Å²) >= 11 is 9.13. The average molecular weight is 285 g/mol. The van der Waals surface area contributed by atoms with E-state index < -0.39 is 0 Å². The molecule has 0 aliphatic carbocycles. The maximum absolute atomic E-state index is 11.9. The highest BCUT2D eigenvalue weighted by molar-refractivity contribution is 9.10. The van der Waals surface area contributed by atoms with Gasteiger partial charge in [0.1, 0.15) is 0 Å². The van der Waals surface area contributed by atoms with Crippen molar-refractivity contribution in [2.75, 3.05) is 0 Å². The highest BCUT2D eigenvalue weighted by Crippen LogP contribution is 2.24. The van der Waals surface area contributed by atoms with Crippen molar-refractivity contribution in [3.8, 4) is 0 Å². The predicted octanol–water partition coefficient (Wildman–Crippen LogP) is 3.66. The van der Waals surface area contributed by atoms with Gasteiger partial charge in [-0.05, 0) is 40.2 Å². The largest absolute Gasteiger partial charge is 0.367 e. The van der Waals surface area contributed by atoms with Crippen LogP contribution in [0.4, 0.5) is 0 Å². The Balaban J connectivity index is 2.39. The zero-order valence-electron chi connectivity index (χ0n) is 7.63. The van der Waals surface area contributed by atoms with E-state index in [1.54, 1.807) is 36.7 Å². The molecule has 1 aromatic heterocycles. The first-order valence-corrected chi connectivity index (χ1v) is 5.48. The number of carbonyl (C=O) groups is 1. The first-order chi connectivity index (χ1) is 7.18. The van der Waals surface area contributed by atoms with Crippen LogP contribution in [0, 0.1) is 0 Å². The number of H-pyrrole nitrogens is 1. The maximum Gasteiger partial charge on any atom is 0.194 e. The van der Waals surface area contributed by atoms with Gasteiger partial charge in [-0.2, -0.15) is 0 Å². The molecule has 15 heavy (non-hydrogen) atoms. The van der Waals surface area contributed by atoms with Gasteiger partial charge in [-0.3, -0.25) is 4.79 Å². The number of carbonyl (C=O) groups excluding carboxylic acids is 1. The van der Waals surface area contributed by atoms with Gasteiger partial charge < -0.3 is 4.98 Å². The lowest BCUT2D eigenvalue weighted by molar-refractivity contribution is 0.103. The molecule has 2 nitrogen and oxygen atoms in total. The van der Waals surface area contributed by atoms with E-state index in [1.165, 1.54) is 0 Å². The highest BCUT2D eigenvalue weighted by atomic mass is 79.9. The second kappa shape index (κ2) is 4.21. The lowest BCUT2D eigenvalue weighted by atomic mass is 10.1. The third-order valence-electron chi connectivity index (χ3n) is 2.04. The van der Waals surface area contributed by atoms with E-state index >= 15 is 0 Å². The van der Waals surface area contributed by atoms with E-state index in [1.807, 2.05) is 0 Å². The number of ketones is 1. The van der Waals surface area contributed by atoms with Crippen LogP contribution in [0.25, 0.3) is 0 Å². The van der Waals surface area contributed by atoms with E-state index in [9.17, 15) is 4.79 Å². The van der Waals surface area contributed by atoms with E-state index in [-0.39, 0.29) is 5.78 Å². The maximum atomic E-state index is 11.9. The summed E-state index contributed by atoms with van der Waals surface area (Å²) in [6.07, 6.45) is 3.39. The molecule has 2 aromatic rings. The van der Waals surface area contributed by atoms with Gasteiger partial charge in [-0.15, -0.1) is 0 Å². The summed E-state index contributed by atoms with van der Waals surface area (Å²) in [7, 11) is 0. The van der Waals surface area contributed by atoms with Crippen LogP contribution < -0.4 is 0 Å². The Kier molecular flexibility index (Phi) is 2.93. The van der Waals surface area contributed by atoms with Crippen LogP contribution >= 0.6 is 27.5 Å². The smallest absolute Gasteiger partial charge is 0.194 e. The molecule has 2 rings (SSSR count). The SMILES string of the molecule is O=C(c1cc[nH]c1)c1ccc(Cl)c(Br)c1. The van der Waals surface area contributed by atoms with E-state index in [0.29, 0.717) is 16.1 Å². The van der Waals surface area contributed by atoms with Crippen molar-refractivity contribution in [3.05, 3.63) is 57.3 Å². The topological polar surface area (TPSA) is 32.9 Å². The molecule has 0 unspecified atom stereocenters. The van der Waals surface area contributed by atoms with Crippen LogP contribution in [-0.4, -0.2) is 10.8 Å². The summed E-state index contributed by atoms with van der Waals surface area (Å²) in [6, 6.07) is 6.87. The summed E-state index contributed by atoms with van der Waals surface area (Å²) in [6.45, 7) is 0. The molecule has 4 heteroatoms. The van der Waals surface area contributed by atoms with Crippen molar-refractivity contribution in [2.24, 2.45) is 0 Å². The second-order valence-electron chi connectivity index (χ2n) is 3.06. The molecule has 1 heterocycles. The first kappa shape index (κ1) is 10.5. The van der Waals surface area contributed by atoms with Gasteiger partial charge in [0.05, 0.1) is 5.02 Å². The van der Waals surface area contributed by atoms with Crippen LogP contribution in [0.3, 0.4) is 0 Å². The molecular formula is C11H7BrClNO. The minimum Gasteiger partial charge on any atom is -0.367 e. The van der Waals surface area contributed by atoms with Crippen molar-refractivity contribution in [3.63, 3.8) is 0 Å². The number of hydrogen-bond acceptors (Lipinski definition) is 1. The van der Waals surface area contributed by atoms with Crippen molar-refractivity contribution >= 4 is 33.3 Å². The average Bonchev–Trinajstić information content (AvgIpc) is 2.74. The van der Waals surface area contributed by atoms with Crippen molar-refractivity contribution in [1.82, 2.24) is 4.98 Å². The Morgan fingerprint density at radius 3 is 2.67 bits per heavy atom. The molecule has 0 saturated carbocycles. The zero-order chi connectivity index (χ0) is 10.8. The Morgan fingerprint density at radius 1 is 1.27 bits per heavy atom. The molecule has 1 aromatic carbocycles. The summed E-state index contributed by atoms with van der Waals surface area (Å²) in [5.74, 6) is -0.0198. The fourth-order valence-corrected chi connectivity index (χ4v) is 1.77. The molecule has 0 spiro atoms. The van der Waals surface area contributed by atoms with Gasteiger partial charge >= 0.3 is 0 Å². The van der Waals surface area contributed by atoms with Gasteiger partial charge in [0.15, 0.2) is 5.78 Å². The molecule has 1 N–H and O–H groups in total. The number of aromatic amines is 1. The Hall–Kier alpha value is -1.06. The molecule has 0 fully saturated rings. The van der Waals surface area contributed by atoms with Gasteiger partial charge in [0.2, 0.25) is 0 Å². The standard InChI is InChI=1S/C11H7BrClNO/c12-9-5-7(1-2-10(9)13)11(15)8-3-4-14-6-8/h1-6,14H.